The number of nitrogens with one attached hydrogen (secondary N) is 1. The molecule has 7 nitrogen and oxygen atoms in total. The Bertz CT molecular complexity index is 1190. The Balaban J connectivity index is 2.12. The van der Waals surface area contributed by atoms with Gasteiger partial charge in [0.2, 0.25) is 5.82 Å². The van der Waals surface area contributed by atoms with Crippen LogP contribution in [0.2, 0.25) is 0 Å². The standard InChI is InChI=1S/C21H20F5N3O4/c1-9-14(11-4-5-12(22)15(23)16(11)32-3)17(33-20(9,2)21(24,25)26)19(31)29-10-6-7-28-13(8-10)18(27)30/h4-9,14,17H,1-3H3,(H2,27,30)(H,28,29,31)/t9-,14-,17-,20-/m0/s1/i3D3. The third-order valence-electron chi connectivity index (χ3n) is 5.75. The zero-order chi connectivity index (χ0) is 27.2. The molecule has 33 heavy (non-hydrogen) atoms. The molecule has 1 aliphatic heterocycles. The molecule has 0 radical (unpaired) electrons. The SMILES string of the molecule is [2H]C([2H])([2H])Oc1c([C@H]2[C@@H](C(=O)Nc3ccnc(C(N)=O)c3)O[C@](C)(C(F)(F)F)[C@H]2C)ccc(F)c1F. The number of anilines is 1. The lowest BCUT2D eigenvalue weighted by Gasteiger charge is -2.32. The van der Waals surface area contributed by atoms with Crippen LogP contribution in [-0.2, 0) is 9.53 Å². The maximum atomic E-state index is 14.6. The predicted octanol–water partition coefficient (Wildman–Crippen LogP) is 3.55. The van der Waals surface area contributed by atoms with E-state index in [0.29, 0.717) is 13.0 Å². The number of methoxy groups -OCH3 is 1. The molecule has 0 aliphatic carbocycles. The van der Waals surface area contributed by atoms with Crippen molar-refractivity contribution in [3.8, 4) is 5.75 Å². The molecule has 1 aromatic carbocycles. The van der Waals surface area contributed by atoms with Crippen LogP contribution in [0, 0.1) is 17.6 Å². The molecule has 2 heterocycles. The summed E-state index contributed by atoms with van der Waals surface area (Å²) in [5.41, 5.74) is 1.36. The molecule has 178 valence electrons. The Morgan fingerprint density at radius 1 is 1.30 bits per heavy atom. The van der Waals surface area contributed by atoms with E-state index >= 15 is 0 Å². The highest BCUT2D eigenvalue weighted by molar-refractivity contribution is 5.97. The van der Waals surface area contributed by atoms with Crippen LogP contribution in [-0.4, -0.2) is 41.7 Å². The van der Waals surface area contributed by atoms with Gasteiger partial charge < -0.3 is 20.5 Å². The normalized spacial score (nSPS) is 26.8. The summed E-state index contributed by atoms with van der Waals surface area (Å²) in [6.07, 6.45) is -5.87. The molecular formula is C21H20F5N3O4. The smallest absolute Gasteiger partial charge is 0.417 e. The van der Waals surface area contributed by atoms with Gasteiger partial charge in [0.25, 0.3) is 11.8 Å². The highest BCUT2D eigenvalue weighted by Gasteiger charge is 2.65. The molecule has 12 heteroatoms. The zero-order valence-corrected chi connectivity index (χ0v) is 17.2. The molecule has 1 aliphatic rings. The number of rotatable bonds is 5. The number of hydrogen-bond donors (Lipinski definition) is 2. The lowest BCUT2D eigenvalue weighted by molar-refractivity contribution is -0.272. The molecule has 2 aromatic rings. The minimum atomic E-state index is -5.01. The van der Waals surface area contributed by atoms with E-state index in [0.717, 1.165) is 25.3 Å². The van der Waals surface area contributed by atoms with E-state index in [1.807, 2.05) is 0 Å². The summed E-state index contributed by atoms with van der Waals surface area (Å²) >= 11 is 0. The highest BCUT2D eigenvalue weighted by atomic mass is 19.4. The molecule has 3 N–H and O–H groups in total. The van der Waals surface area contributed by atoms with E-state index in [2.05, 4.69) is 15.0 Å². The molecule has 0 unspecified atom stereocenters. The topological polar surface area (TPSA) is 104 Å². The van der Waals surface area contributed by atoms with Crippen molar-refractivity contribution in [2.24, 2.45) is 11.7 Å². The van der Waals surface area contributed by atoms with Crippen LogP contribution in [0.1, 0.15) is 39.9 Å². The molecule has 1 aromatic heterocycles. The number of amides is 2. The number of alkyl halides is 3. The molecule has 0 spiro atoms. The van der Waals surface area contributed by atoms with Crippen molar-refractivity contribution in [1.29, 1.82) is 0 Å². The number of carbonyl (C=O) groups excluding carboxylic acids is 2. The van der Waals surface area contributed by atoms with Gasteiger partial charge in [-0.3, -0.25) is 14.6 Å². The van der Waals surface area contributed by atoms with E-state index in [-0.39, 0.29) is 11.4 Å². The van der Waals surface area contributed by atoms with Gasteiger partial charge in [-0.25, -0.2) is 4.39 Å². The maximum absolute atomic E-state index is 14.6. The number of hydrogen-bond acceptors (Lipinski definition) is 5. The van der Waals surface area contributed by atoms with Crippen LogP contribution in [0.4, 0.5) is 27.6 Å². The van der Waals surface area contributed by atoms with Crippen molar-refractivity contribution in [1.82, 2.24) is 4.98 Å². The first-order valence-electron chi connectivity index (χ1n) is 10.9. The number of carbonyl (C=O) groups is 2. The molecule has 1 fully saturated rings. The highest BCUT2D eigenvalue weighted by Crippen LogP contribution is 2.55. The predicted molar refractivity (Wildman–Crippen MR) is 106 cm³/mol. The van der Waals surface area contributed by atoms with Crippen molar-refractivity contribution >= 4 is 17.5 Å². The fourth-order valence-corrected chi connectivity index (χ4v) is 3.79. The van der Waals surface area contributed by atoms with Crippen LogP contribution in [0.3, 0.4) is 0 Å². The minimum Gasteiger partial charge on any atom is -0.493 e. The van der Waals surface area contributed by atoms with E-state index in [1.165, 1.54) is 6.07 Å². The number of ether oxygens (including phenoxy) is 2. The summed E-state index contributed by atoms with van der Waals surface area (Å²) in [5.74, 6) is -9.76. The fraction of sp³-hybridized carbons (Fsp3) is 0.381. The van der Waals surface area contributed by atoms with Crippen LogP contribution in [0.5, 0.6) is 5.75 Å². The van der Waals surface area contributed by atoms with E-state index < -0.39 is 71.5 Å². The first-order valence-corrected chi connectivity index (χ1v) is 9.44. The van der Waals surface area contributed by atoms with Gasteiger partial charge in [-0.2, -0.15) is 17.6 Å². The average molecular weight is 476 g/mol. The van der Waals surface area contributed by atoms with Gasteiger partial charge in [-0.05, 0) is 25.1 Å². The van der Waals surface area contributed by atoms with Gasteiger partial charge in [0.1, 0.15) is 11.8 Å². The second-order valence-corrected chi connectivity index (χ2v) is 7.62. The van der Waals surface area contributed by atoms with Crippen LogP contribution in [0.15, 0.2) is 30.5 Å². The first-order chi connectivity index (χ1) is 16.5. The maximum Gasteiger partial charge on any atom is 0.417 e. The summed E-state index contributed by atoms with van der Waals surface area (Å²) in [5, 5.41) is 2.28. The third-order valence-corrected chi connectivity index (χ3v) is 5.75. The van der Waals surface area contributed by atoms with E-state index in [9.17, 15) is 31.5 Å². The summed E-state index contributed by atoms with van der Waals surface area (Å²) in [6, 6.07) is 3.70. The van der Waals surface area contributed by atoms with Crippen molar-refractivity contribution in [2.45, 2.75) is 37.6 Å². The number of pyridine rings is 1. The largest absolute Gasteiger partial charge is 0.493 e. The lowest BCUT2D eigenvalue weighted by atomic mass is 9.77. The Hall–Kier alpha value is -3.28. The third kappa shape index (κ3) is 4.22. The molecular weight excluding hydrogens is 453 g/mol. The summed E-state index contributed by atoms with van der Waals surface area (Å²) in [4.78, 5) is 28.2. The molecule has 4 atom stereocenters. The molecule has 0 saturated carbocycles. The van der Waals surface area contributed by atoms with Crippen LogP contribution in [0.25, 0.3) is 0 Å². The van der Waals surface area contributed by atoms with E-state index in [1.54, 1.807) is 0 Å². The first kappa shape index (κ1) is 20.3. The summed E-state index contributed by atoms with van der Waals surface area (Å²) < 4.78 is 102. The van der Waals surface area contributed by atoms with Crippen LogP contribution < -0.4 is 15.8 Å². The van der Waals surface area contributed by atoms with Gasteiger partial charge in [0.05, 0.1) is 11.2 Å². The second-order valence-electron chi connectivity index (χ2n) is 7.62. The Morgan fingerprint density at radius 2 is 2.00 bits per heavy atom. The average Bonchev–Trinajstić information content (AvgIpc) is 3.03. The number of nitrogens with two attached hydrogens (primary N) is 1. The number of halogens is 5. The second kappa shape index (κ2) is 8.58. The number of nitrogens with zero attached hydrogens (tertiary/aromatic N) is 1. The van der Waals surface area contributed by atoms with Crippen molar-refractivity contribution < 1.29 is 45.1 Å². The van der Waals surface area contributed by atoms with Crippen molar-refractivity contribution in [3.63, 3.8) is 0 Å². The number of aromatic nitrogens is 1. The summed E-state index contributed by atoms with van der Waals surface area (Å²) in [6.45, 7) is 1.75. The summed E-state index contributed by atoms with van der Waals surface area (Å²) in [7, 11) is -3.29. The lowest BCUT2D eigenvalue weighted by Crippen LogP contribution is -2.47. The monoisotopic (exact) mass is 476 g/mol. The zero-order valence-electron chi connectivity index (χ0n) is 20.2. The van der Waals surface area contributed by atoms with Gasteiger partial charge in [-0.15, -0.1) is 0 Å². The van der Waals surface area contributed by atoms with Crippen LogP contribution >= 0.6 is 0 Å². The Morgan fingerprint density at radius 3 is 2.61 bits per heavy atom. The van der Waals surface area contributed by atoms with Gasteiger partial charge in [0, 0.05) is 29.3 Å². The quantitative estimate of drug-likeness (QED) is 0.643. The van der Waals surface area contributed by atoms with E-state index in [4.69, 9.17) is 14.6 Å². The Kier molecular flexibility index (Phi) is 5.29. The van der Waals surface area contributed by atoms with Gasteiger partial charge >= 0.3 is 6.18 Å². The van der Waals surface area contributed by atoms with Crippen molar-refractivity contribution in [3.05, 3.63) is 53.4 Å². The number of primary amides is 1. The van der Waals surface area contributed by atoms with Crippen molar-refractivity contribution in [2.75, 3.05) is 12.4 Å². The fourth-order valence-electron chi connectivity index (χ4n) is 3.79. The number of benzene rings is 1. The molecule has 0 bridgehead atoms. The molecule has 2 amide bonds. The minimum absolute atomic E-state index is 0.0660. The van der Waals surface area contributed by atoms with Gasteiger partial charge in [0.15, 0.2) is 17.2 Å². The van der Waals surface area contributed by atoms with Gasteiger partial charge in [-0.1, -0.05) is 13.0 Å². The molecule has 1 saturated heterocycles. The Labute approximate surface area is 189 Å². The molecule has 3 rings (SSSR count).